The van der Waals surface area contributed by atoms with Gasteiger partial charge in [0.15, 0.2) is 0 Å². The van der Waals surface area contributed by atoms with Crippen molar-refractivity contribution in [1.82, 2.24) is 10.2 Å². The fourth-order valence-electron chi connectivity index (χ4n) is 4.47. The number of piperidine rings is 1. The molecule has 0 radical (unpaired) electrons. The molecule has 3 amide bonds. The second-order valence-electron chi connectivity index (χ2n) is 7.31. The van der Waals surface area contributed by atoms with Crippen LogP contribution < -0.4 is 5.32 Å². The zero-order chi connectivity index (χ0) is 16.7. The molecule has 2 fully saturated rings. The Labute approximate surface area is 141 Å². The lowest BCUT2D eigenvalue weighted by molar-refractivity contribution is -0.141. The number of carbonyl (C=O) groups is 3. The normalized spacial score (nSPS) is 29.5. The van der Waals surface area contributed by atoms with Gasteiger partial charge in [0.2, 0.25) is 17.7 Å². The summed E-state index contributed by atoms with van der Waals surface area (Å²) in [6.45, 7) is 1.06. The van der Waals surface area contributed by atoms with E-state index in [0.29, 0.717) is 32.4 Å². The second kappa shape index (κ2) is 5.72. The highest BCUT2D eigenvalue weighted by atomic mass is 16.2. The lowest BCUT2D eigenvalue weighted by Crippen LogP contribution is -2.50. The van der Waals surface area contributed by atoms with Crippen molar-refractivity contribution in [3.63, 3.8) is 0 Å². The van der Waals surface area contributed by atoms with Gasteiger partial charge in [-0.1, -0.05) is 24.3 Å². The zero-order valence-corrected chi connectivity index (χ0v) is 13.7. The van der Waals surface area contributed by atoms with Gasteiger partial charge in [-0.3, -0.25) is 19.7 Å². The summed E-state index contributed by atoms with van der Waals surface area (Å²) >= 11 is 0. The molecule has 24 heavy (non-hydrogen) atoms. The predicted octanol–water partition coefficient (Wildman–Crippen LogP) is 1.76. The van der Waals surface area contributed by atoms with Gasteiger partial charge in [0.05, 0.1) is 11.3 Å². The summed E-state index contributed by atoms with van der Waals surface area (Å²) in [5, 5.41) is 2.45. The Kier molecular flexibility index (Phi) is 3.66. The van der Waals surface area contributed by atoms with Gasteiger partial charge in [-0.05, 0) is 43.2 Å². The van der Waals surface area contributed by atoms with Crippen molar-refractivity contribution in [1.29, 1.82) is 0 Å². The van der Waals surface area contributed by atoms with Gasteiger partial charge < -0.3 is 4.90 Å². The third-order valence-electron chi connectivity index (χ3n) is 5.90. The monoisotopic (exact) mass is 326 g/mol. The number of amides is 3. The molecule has 2 saturated heterocycles. The van der Waals surface area contributed by atoms with E-state index in [1.807, 2.05) is 17.0 Å². The Morgan fingerprint density at radius 3 is 2.83 bits per heavy atom. The molecule has 3 aliphatic rings. The van der Waals surface area contributed by atoms with Crippen molar-refractivity contribution < 1.29 is 14.4 Å². The Morgan fingerprint density at radius 1 is 1.17 bits per heavy atom. The minimum Gasteiger partial charge on any atom is -0.341 e. The first-order valence-corrected chi connectivity index (χ1v) is 8.80. The van der Waals surface area contributed by atoms with Gasteiger partial charge >= 0.3 is 0 Å². The van der Waals surface area contributed by atoms with E-state index in [1.165, 1.54) is 5.56 Å². The number of nitrogens with one attached hydrogen (secondary N) is 1. The maximum Gasteiger partial charge on any atom is 0.234 e. The van der Waals surface area contributed by atoms with Gasteiger partial charge in [-0.15, -0.1) is 0 Å². The Hall–Kier alpha value is -2.17. The molecule has 4 rings (SSSR count). The van der Waals surface area contributed by atoms with Crippen molar-refractivity contribution in [2.45, 2.75) is 44.4 Å². The Balaban J connectivity index is 1.53. The van der Waals surface area contributed by atoms with Gasteiger partial charge in [0, 0.05) is 19.5 Å². The summed E-state index contributed by atoms with van der Waals surface area (Å²) in [5.41, 5.74) is 1.87. The number of carbonyl (C=O) groups excluding carboxylic acids is 3. The summed E-state index contributed by atoms with van der Waals surface area (Å²) in [6, 6.07) is 8.20. The first-order chi connectivity index (χ1) is 11.6. The summed E-state index contributed by atoms with van der Waals surface area (Å²) in [5.74, 6) is -0.336. The van der Waals surface area contributed by atoms with Crippen molar-refractivity contribution in [2.75, 3.05) is 13.1 Å². The van der Waals surface area contributed by atoms with Crippen LogP contribution in [0.2, 0.25) is 0 Å². The topological polar surface area (TPSA) is 66.5 Å². The molecule has 0 bridgehead atoms. The Morgan fingerprint density at radius 2 is 2.00 bits per heavy atom. The van der Waals surface area contributed by atoms with E-state index in [1.54, 1.807) is 0 Å². The molecule has 2 aliphatic heterocycles. The maximum absolute atomic E-state index is 13.1. The molecule has 2 atom stereocenters. The number of imide groups is 1. The highest BCUT2D eigenvalue weighted by molar-refractivity contribution is 6.01. The number of hydrogen-bond donors (Lipinski definition) is 1. The van der Waals surface area contributed by atoms with E-state index >= 15 is 0 Å². The summed E-state index contributed by atoms with van der Waals surface area (Å²) in [4.78, 5) is 38.6. The maximum atomic E-state index is 13.1. The summed E-state index contributed by atoms with van der Waals surface area (Å²) in [7, 11) is 0. The quantitative estimate of drug-likeness (QED) is 0.800. The van der Waals surface area contributed by atoms with Crippen LogP contribution in [-0.4, -0.2) is 35.7 Å². The van der Waals surface area contributed by atoms with E-state index in [0.717, 1.165) is 24.8 Å². The van der Waals surface area contributed by atoms with Crippen LogP contribution in [0, 0.1) is 5.41 Å². The number of hydrogen-bond acceptors (Lipinski definition) is 3. The number of nitrogens with zero attached hydrogens (tertiary/aromatic N) is 1. The molecule has 0 saturated carbocycles. The molecule has 2 unspecified atom stereocenters. The molecule has 1 N–H and O–H groups in total. The molecule has 2 heterocycles. The minimum atomic E-state index is -0.558. The van der Waals surface area contributed by atoms with Crippen LogP contribution in [-0.2, 0) is 20.8 Å². The fourth-order valence-corrected chi connectivity index (χ4v) is 4.47. The third-order valence-corrected chi connectivity index (χ3v) is 5.90. The molecule has 1 spiro atoms. The SMILES string of the molecule is O=C1CCC2(CCN(C(=O)C3CCCc4ccccc43)C2)C(=O)N1. The lowest BCUT2D eigenvalue weighted by Gasteiger charge is -2.32. The number of rotatable bonds is 1. The van der Waals surface area contributed by atoms with Crippen LogP contribution >= 0.6 is 0 Å². The predicted molar refractivity (Wildman–Crippen MR) is 88.1 cm³/mol. The van der Waals surface area contributed by atoms with Gasteiger partial charge in [0.25, 0.3) is 0 Å². The number of likely N-dealkylation sites (tertiary alicyclic amines) is 1. The summed E-state index contributed by atoms with van der Waals surface area (Å²) < 4.78 is 0. The molecule has 126 valence electrons. The number of aryl methyl sites for hydroxylation is 1. The molecule has 0 aromatic heterocycles. The second-order valence-corrected chi connectivity index (χ2v) is 7.31. The van der Waals surface area contributed by atoms with Crippen LogP contribution in [0.3, 0.4) is 0 Å². The van der Waals surface area contributed by atoms with E-state index in [-0.39, 0.29) is 23.6 Å². The largest absolute Gasteiger partial charge is 0.341 e. The van der Waals surface area contributed by atoms with E-state index in [9.17, 15) is 14.4 Å². The summed E-state index contributed by atoms with van der Waals surface area (Å²) in [6.07, 6.45) is 4.54. The molecular weight excluding hydrogens is 304 g/mol. The first kappa shape index (κ1) is 15.4. The minimum absolute atomic E-state index is 0.0848. The van der Waals surface area contributed by atoms with Crippen molar-refractivity contribution in [2.24, 2.45) is 5.41 Å². The van der Waals surface area contributed by atoms with Gasteiger partial charge in [0.1, 0.15) is 0 Å². The highest BCUT2D eigenvalue weighted by Gasteiger charge is 2.49. The molecular formula is C19H22N2O3. The lowest BCUT2D eigenvalue weighted by atomic mass is 9.79. The smallest absolute Gasteiger partial charge is 0.234 e. The average molecular weight is 326 g/mol. The molecule has 1 aromatic rings. The number of benzene rings is 1. The van der Waals surface area contributed by atoms with Crippen molar-refractivity contribution >= 4 is 17.7 Å². The highest BCUT2D eigenvalue weighted by Crippen LogP contribution is 2.40. The van der Waals surface area contributed by atoms with Crippen LogP contribution in [0.5, 0.6) is 0 Å². The fraction of sp³-hybridized carbons (Fsp3) is 0.526. The van der Waals surface area contributed by atoms with Crippen LogP contribution in [0.15, 0.2) is 24.3 Å². The first-order valence-electron chi connectivity index (χ1n) is 8.80. The molecule has 5 nitrogen and oxygen atoms in total. The van der Waals surface area contributed by atoms with Gasteiger partial charge in [-0.25, -0.2) is 0 Å². The van der Waals surface area contributed by atoms with Crippen molar-refractivity contribution in [3.05, 3.63) is 35.4 Å². The molecule has 1 aliphatic carbocycles. The van der Waals surface area contributed by atoms with E-state index in [4.69, 9.17) is 0 Å². The van der Waals surface area contributed by atoms with Crippen molar-refractivity contribution in [3.8, 4) is 0 Å². The average Bonchev–Trinajstić information content (AvgIpc) is 3.03. The molecule has 5 heteroatoms. The number of fused-ring (bicyclic) bond motifs is 1. The molecule has 1 aromatic carbocycles. The standard InChI is InChI=1S/C19H22N2O3/c22-16-8-9-19(18(24)20-16)10-11-21(12-19)17(23)15-7-3-5-13-4-1-2-6-14(13)15/h1-2,4,6,15H,3,5,7-12H2,(H,20,22,24). The van der Waals surface area contributed by atoms with Crippen LogP contribution in [0.4, 0.5) is 0 Å². The van der Waals surface area contributed by atoms with E-state index in [2.05, 4.69) is 17.4 Å². The third kappa shape index (κ3) is 2.43. The van der Waals surface area contributed by atoms with Crippen LogP contribution in [0.25, 0.3) is 0 Å². The van der Waals surface area contributed by atoms with Crippen LogP contribution in [0.1, 0.15) is 49.1 Å². The van der Waals surface area contributed by atoms with E-state index < -0.39 is 5.41 Å². The Bertz CT molecular complexity index is 714. The van der Waals surface area contributed by atoms with Gasteiger partial charge in [-0.2, -0.15) is 0 Å². The zero-order valence-electron chi connectivity index (χ0n) is 13.7.